The van der Waals surface area contributed by atoms with Gasteiger partial charge in [0.25, 0.3) is 0 Å². The number of nitrogens with zero attached hydrogens (tertiary/aromatic N) is 5. The minimum atomic E-state index is -4.64. The van der Waals surface area contributed by atoms with Crippen LogP contribution >= 0.6 is 0 Å². The molecule has 0 saturated heterocycles. The van der Waals surface area contributed by atoms with Crippen molar-refractivity contribution in [2.24, 2.45) is 0 Å². The van der Waals surface area contributed by atoms with Gasteiger partial charge in [0, 0.05) is 6.04 Å². The summed E-state index contributed by atoms with van der Waals surface area (Å²) in [6, 6.07) is 8.98. The summed E-state index contributed by atoms with van der Waals surface area (Å²) in [4.78, 5) is 11.5. The Balaban J connectivity index is 1.75. The maximum Gasteiger partial charge on any atom is 0.451 e. The highest BCUT2D eigenvalue weighted by molar-refractivity contribution is 5.83. The fourth-order valence-electron chi connectivity index (χ4n) is 2.59. The standard InChI is InChI=1S/C17H13F3N6/c18-17(19,20)16-24-14(23-12-5-6-12)13-15(25-16)26(9-22-13)8-11-3-1-10(7-21)2-4-11/h1-4,9,12H,5-6,8H2,(H,23,24,25). The first kappa shape index (κ1) is 16.3. The summed E-state index contributed by atoms with van der Waals surface area (Å²) < 4.78 is 41.1. The number of benzene rings is 1. The molecule has 1 aliphatic rings. The van der Waals surface area contributed by atoms with Crippen molar-refractivity contribution < 1.29 is 13.2 Å². The number of nitrogens with one attached hydrogen (secondary N) is 1. The summed E-state index contributed by atoms with van der Waals surface area (Å²) in [7, 11) is 0. The largest absolute Gasteiger partial charge is 0.451 e. The lowest BCUT2D eigenvalue weighted by molar-refractivity contribution is -0.144. The molecule has 0 bridgehead atoms. The lowest BCUT2D eigenvalue weighted by Crippen LogP contribution is -2.15. The molecule has 9 heteroatoms. The van der Waals surface area contributed by atoms with E-state index < -0.39 is 12.0 Å². The van der Waals surface area contributed by atoms with Gasteiger partial charge in [0.2, 0.25) is 5.82 Å². The Hall–Kier alpha value is -3.15. The van der Waals surface area contributed by atoms with Crippen LogP contribution in [0.5, 0.6) is 0 Å². The third-order valence-corrected chi connectivity index (χ3v) is 4.07. The smallest absolute Gasteiger partial charge is 0.365 e. The second-order valence-corrected chi connectivity index (χ2v) is 6.17. The van der Waals surface area contributed by atoms with E-state index in [1.807, 2.05) is 6.07 Å². The SMILES string of the molecule is N#Cc1ccc(Cn2cnc3c(NC4CC4)nc(C(F)(F)F)nc32)cc1. The van der Waals surface area contributed by atoms with E-state index >= 15 is 0 Å². The quantitative estimate of drug-likeness (QED) is 0.774. The number of nitriles is 1. The van der Waals surface area contributed by atoms with Crippen molar-refractivity contribution in [1.29, 1.82) is 5.26 Å². The van der Waals surface area contributed by atoms with E-state index in [9.17, 15) is 13.2 Å². The third kappa shape index (κ3) is 3.18. The zero-order chi connectivity index (χ0) is 18.3. The average Bonchev–Trinajstić information content (AvgIpc) is 3.34. The molecule has 0 radical (unpaired) electrons. The summed E-state index contributed by atoms with van der Waals surface area (Å²) in [5, 5.41) is 11.8. The molecule has 1 aromatic carbocycles. The first-order valence-electron chi connectivity index (χ1n) is 7.99. The van der Waals surface area contributed by atoms with Crippen molar-refractivity contribution >= 4 is 17.0 Å². The van der Waals surface area contributed by atoms with Crippen LogP contribution in [0.25, 0.3) is 11.2 Å². The Labute approximate surface area is 146 Å². The number of rotatable bonds is 4. The average molecular weight is 358 g/mol. The number of hydrogen-bond donors (Lipinski definition) is 1. The molecule has 4 rings (SSSR count). The molecule has 0 unspecified atom stereocenters. The van der Waals surface area contributed by atoms with Crippen LogP contribution in [0.1, 0.15) is 29.8 Å². The van der Waals surface area contributed by atoms with Gasteiger partial charge in [-0.05, 0) is 30.5 Å². The van der Waals surface area contributed by atoms with Gasteiger partial charge in [-0.3, -0.25) is 0 Å². The molecule has 0 atom stereocenters. The maximum absolute atomic E-state index is 13.2. The van der Waals surface area contributed by atoms with Gasteiger partial charge < -0.3 is 9.88 Å². The zero-order valence-electron chi connectivity index (χ0n) is 13.5. The van der Waals surface area contributed by atoms with Gasteiger partial charge in [0.15, 0.2) is 11.5 Å². The minimum absolute atomic E-state index is 0.114. The van der Waals surface area contributed by atoms with Gasteiger partial charge in [-0.15, -0.1) is 0 Å². The molecule has 1 fully saturated rings. The third-order valence-electron chi connectivity index (χ3n) is 4.07. The Morgan fingerprint density at radius 2 is 1.92 bits per heavy atom. The van der Waals surface area contributed by atoms with Crippen molar-refractivity contribution in [3.8, 4) is 6.07 Å². The van der Waals surface area contributed by atoms with Crippen LogP contribution in [0.4, 0.5) is 19.0 Å². The predicted molar refractivity (Wildman–Crippen MR) is 87.2 cm³/mol. The van der Waals surface area contributed by atoms with Crippen LogP contribution in [0.3, 0.4) is 0 Å². The normalized spacial score (nSPS) is 14.4. The molecule has 6 nitrogen and oxygen atoms in total. The summed E-state index contributed by atoms with van der Waals surface area (Å²) in [5.74, 6) is -1.07. The Morgan fingerprint density at radius 3 is 2.54 bits per heavy atom. The summed E-state index contributed by atoms with van der Waals surface area (Å²) in [6.45, 7) is 0.291. The van der Waals surface area contributed by atoms with Gasteiger partial charge in [-0.1, -0.05) is 12.1 Å². The number of fused-ring (bicyclic) bond motifs is 1. The van der Waals surface area contributed by atoms with Crippen LogP contribution in [0, 0.1) is 11.3 Å². The number of aromatic nitrogens is 4. The van der Waals surface area contributed by atoms with Gasteiger partial charge >= 0.3 is 6.18 Å². The van der Waals surface area contributed by atoms with Crippen molar-refractivity contribution in [2.75, 3.05) is 5.32 Å². The molecular weight excluding hydrogens is 345 g/mol. The van der Waals surface area contributed by atoms with E-state index in [-0.39, 0.29) is 17.5 Å². The van der Waals surface area contributed by atoms with Crippen molar-refractivity contribution in [3.05, 3.63) is 47.5 Å². The van der Waals surface area contributed by atoms with E-state index in [4.69, 9.17) is 5.26 Å². The first-order valence-corrected chi connectivity index (χ1v) is 7.99. The molecule has 26 heavy (non-hydrogen) atoms. The number of anilines is 1. The monoisotopic (exact) mass is 358 g/mol. The maximum atomic E-state index is 13.2. The highest BCUT2D eigenvalue weighted by atomic mass is 19.4. The number of alkyl halides is 3. The van der Waals surface area contributed by atoms with Crippen molar-refractivity contribution in [1.82, 2.24) is 19.5 Å². The molecule has 1 N–H and O–H groups in total. The summed E-state index contributed by atoms with van der Waals surface area (Å²) >= 11 is 0. The molecule has 2 heterocycles. The van der Waals surface area contributed by atoms with Crippen LogP contribution in [0.15, 0.2) is 30.6 Å². The Morgan fingerprint density at radius 1 is 1.19 bits per heavy atom. The molecule has 1 saturated carbocycles. The van der Waals surface area contributed by atoms with Crippen LogP contribution in [0.2, 0.25) is 0 Å². The number of hydrogen-bond acceptors (Lipinski definition) is 5. The van der Waals surface area contributed by atoms with E-state index in [2.05, 4.69) is 20.3 Å². The molecule has 0 aliphatic heterocycles. The molecule has 1 aliphatic carbocycles. The zero-order valence-corrected chi connectivity index (χ0v) is 13.5. The number of imidazole rings is 1. The van der Waals surface area contributed by atoms with E-state index in [0.717, 1.165) is 18.4 Å². The molecule has 132 valence electrons. The van der Waals surface area contributed by atoms with E-state index in [1.165, 1.54) is 6.33 Å². The first-order chi connectivity index (χ1) is 12.4. The Bertz CT molecular complexity index is 996. The fraction of sp³-hybridized carbons (Fsp3) is 0.294. The highest BCUT2D eigenvalue weighted by Gasteiger charge is 2.37. The van der Waals surface area contributed by atoms with Crippen molar-refractivity contribution in [2.45, 2.75) is 31.6 Å². The van der Waals surface area contributed by atoms with Gasteiger partial charge in [0.1, 0.15) is 5.52 Å². The molecular formula is C17H13F3N6. The highest BCUT2D eigenvalue weighted by Crippen LogP contribution is 2.32. The lowest BCUT2D eigenvalue weighted by Gasteiger charge is -2.10. The second kappa shape index (κ2) is 5.98. The summed E-state index contributed by atoms with van der Waals surface area (Å²) in [5.41, 5.74) is 1.78. The second-order valence-electron chi connectivity index (χ2n) is 6.17. The molecule has 0 amide bonds. The molecule has 3 aromatic rings. The summed E-state index contributed by atoms with van der Waals surface area (Å²) in [6.07, 6.45) is -1.38. The lowest BCUT2D eigenvalue weighted by atomic mass is 10.1. The van der Waals surface area contributed by atoms with Crippen molar-refractivity contribution in [3.63, 3.8) is 0 Å². The van der Waals surface area contributed by atoms with Crippen LogP contribution < -0.4 is 5.32 Å². The number of halogens is 3. The van der Waals surface area contributed by atoms with Gasteiger partial charge in [-0.25, -0.2) is 15.0 Å². The van der Waals surface area contributed by atoms with Crippen LogP contribution in [-0.2, 0) is 12.7 Å². The molecule has 0 spiro atoms. The predicted octanol–water partition coefficient (Wildman–Crippen LogP) is 3.34. The minimum Gasteiger partial charge on any atom is -0.365 e. The fourth-order valence-corrected chi connectivity index (χ4v) is 2.59. The van der Waals surface area contributed by atoms with Crippen LogP contribution in [-0.4, -0.2) is 25.6 Å². The van der Waals surface area contributed by atoms with E-state index in [1.54, 1.807) is 28.8 Å². The van der Waals surface area contributed by atoms with E-state index in [0.29, 0.717) is 17.6 Å². The topological polar surface area (TPSA) is 79.4 Å². The Kier molecular flexibility index (Phi) is 3.76. The van der Waals surface area contributed by atoms with Gasteiger partial charge in [0.05, 0.1) is 24.5 Å². The van der Waals surface area contributed by atoms with Gasteiger partial charge in [-0.2, -0.15) is 18.4 Å². The molecule has 2 aromatic heterocycles.